The van der Waals surface area contributed by atoms with Crippen LogP contribution in [0.3, 0.4) is 0 Å². The lowest BCUT2D eigenvalue weighted by Crippen LogP contribution is -2.56. The molecule has 0 aliphatic carbocycles. The first kappa shape index (κ1) is 23.7. The topological polar surface area (TPSA) is 60.9 Å². The van der Waals surface area contributed by atoms with E-state index in [1.807, 2.05) is 32.0 Å². The Hall–Kier alpha value is -1.96. The van der Waals surface area contributed by atoms with Gasteiger partial charge in [0.15, 0.2) is 0 Å². The molecule has 0 aromatic heterocycles. The minimum Gasteiger partial charge on any atom is -0.368 e. The first-order valence-corrected chi connectivity index (χ1v) is 12.8. The molecule has 1 heterocycles. The van der Waals surface area contributed by atoms with E-state index in [0.717, 1.165) is 17.5 Å². The van der Waals surface area contributed by atoms with Crippen molar-refractivity contribution in [2.24, 2.45) is 0 Å². The Kier molecular flexibility index (Phi) is 7.39. The van der Waals surface area contributed by atoms with Gasteiger partial charge in [-0.25, -0.2) is 8.42 Å². The van der Waals surface area contributed by atoms with Crippen molar-refractivity contribution < 1.29 is 13.2 Å². The molecule has 31 heavy (non-hydrogen) atoms. The van der Waals surface area contributed by atoms with Crippen LogP contribution < -0.4 is 9.21 Å². The molecular weight excluding hydrogens is 457 g/mol. The van der Waals surface area contributed by atoms with Crippen LogP contribution in [0.4, 0.5) is 11.4 Å². The number of hydrogen-bond acceptors (Lipinski definition) is 4. The van der Waals surface area contributed by atoms with Gasteiger partial charge in [0, 0.05) is 41.9 Å². The van der Waals surface area contributed by atoms with Crippen molar-refractivity contribution in [3.05, 3.63) is 58.1 Å². The lowest BCUT2D eigenvalue weighted by Gasteiger charge is -2.40. The van der Waals surface area contributed by atoms with Crippen LogP contribution in [0.1, 0.15) is 18.9 Å². The largest absolute Gasteiger partial charge is 0.368 e. The van der Waals surface area contributed by atoms with Gasteiger partial charge >= 0.3 is 0 Å². The van der Waals surface area contributed by atoms with Crippen LogP contribution >= 0.6 is 23.2 Å². The Labute approximate surface area is 194 Å². The molecule has 2 aromatic carbocycles. The number of nitrogens with zero attached hydrogens (tertiary/aromatic N) is 3. The zero-order chi connectivity index (χ0) is 22.8. The molecule has 0 N–H and O–H groups in total. The molecule has 0 unspecified atom stereocenters. The van der Waals surface area contributed by atoms with E-state index in [-0.39, 0.29) is 5.91 Å². The molecule has 3 rings (SSSR count). The molecular formula is C22H27Cl2N3O3S. The van der Waals surface area contributed by atoms with Crippen LogP contribution in [-0.2, 0) is 14.8 Å². The molecule has 168 valence electrons. The SMILES string of the molecule is CC[C@H](C(=O)N1CCN(c2cc(Cl)ccc2C)CC1)N(c1ccc(Cl)cc1)S(C)(=O)=O. The number of benzene rings is 2. The summed E-state index contributed by atoms with van der Waals surface area (Å²) in [6, 6.07) is 11.5. The van der Waals surface area contributed by atoms with E-state index in [1.165, 1.54) is 4.31 Å². The smallest absolute Gasteiger partial charge is 0.246 e. The number of carbonyl (C=O) groups is 1. The van der Waals surface area contributed by atoms with Gasteiger partial charge in [-0.15, -0.1) is 0 Å². The normalized spacial score (nSPS) is 15.6. The Morgan fingerprint density at radius 2 is 1.61 bits per heavy atom. The standard InChI is InChI=1S/C22H27Cl2N3O3S/c1-4-20(27(31(3,29)30)19-9-7-17(23)8-10-19)22(28)26-13-11-25(12-14-26)21-15-18(24)6-5-16(21)2/h5-10,15,20H,4,11-14H2,1-3H3/t20-/m1/s1. The third-order valence-electron chi connectivity index (χ3n) is 5.50. The molecule has 2 aromatic rings. The summed E-state index contributed by atoms with van der Waals surface area (Å²) in [5, 5.41) is 1.18. The van der Waals surface area contributed by atoms with Crippen LogP contribution in [0, 0.1) is 6.92 Å². The predicted molar refractivity (Wildman–Crippen MR) is 128 cm³/mol. The van der Waals surface area contributed by atoms with Crippen LogP contribution in [0.2, 0.25) is 10.0 Å². The number of anilines is 2. The van der Waals surface area contributed by atoms with Crippen molar-refractivity contribution in [1.82, 2.24) is 4.90 Å². The van der Waals surface area contributed by atoms with Crippen molar-refractivity contribution in [3.8, 4) is 0 Å². The summed E-state index contributed by atoms with van der Waals surface area (Å²) in [6.07, 6.45) is 1.49. The van der Waals surface area contributed by atoms with Crippen molar-refractivity contribution in [3.63, 3.8) is 0 Å². The molecule has 1 fully saturated rings. The van der Waals surface area contributed by atoms with E-state index >= 15 is 0 Å². The Bertz CT molecular complexity index is 1040. The Balaban J connectivity index is 1.78. The van der Waals surface area contributed by atoms with E-state index in [1.54, 1.807) is 29.2 Å². The van der Waals surface area contributed by atoms with Crippen molar-refractivity contribution in [2.75, 3.05) is 41.6 Å². The summed E-state index contributed by atoms with van der Waals surface area (Å²) in [5.74, 6) is -0.189. The summed E-state index contributed by atoms with van der Waals surface area (Å²) in [6.45, 7) is 6.19. The van der Waals surface area contributed by atoms with Gasteiger partial charge in [0.1, 0.15) is 6.04 Å². The van der Waals surface area contributed by atoms with E-state index in [2.05, 4.69) is 4.90 Å². The van der Waals surface area contributed by atoms with Crippen LogP contribution in [-0.4, -0.2) is 57.7 Å². The third kappa shape index (κ3) is 5.45. The van der Waals surface area contributed by atoms with Gasteiger partial charge in [-0.1, -0.05) is 36.2 Å². The average molecular weight is 484 g/mol. The number of carbonyl (C=O) groups excluding carboxylic acids is 1. The molecule has 1 aliphatic rings. The third-order valence-corrected chi connectivity index (χ3v) is 7.16. The lowest BCUT2D eigenvalue weighted by molar-refractivity contribution is -0.132. The molecule has 1 aliphatic heterocycles. The number of amides is 1. The van der Waals surface area contributed by atoms with Gasteiger partial charge in [-0.3, -0.25) is 9.10 Å². The number of sulfonamides is 1. The van der Waals surface area contributed by atoms with Crippen molar-refractivity contribution >= 4 is 50.5 Å². The van der Waals surface area contributed by atoms with Crippen molar-refractivity contribution in [1.29, 1.82) is 0 Å². The van der Waals surface area contributed by atoms with E-state index in [9.17, 15) is 13.2 Å². The fraction of sp³-hybridized carbons (Fsp3) is 0.409. The number of hydrogen-bond donors (Lipinski definition) is 0. The fourth-order valence-electron chi connectivity index (χ4n) is 3.93. The summed E-state index contributed by atoms with van der Waals surface area (Å²) in [7, 11) is -3.67. The summed E-state index contributed by atoms with van der Waals surface area (Å²) in [5.41, 5.74) is 2.62. The minimum absolute atomic E-state index is 0.189. The van der Waals surface area contributed by atoms with E-state index < -0.39 is 16.1 Å². The van der Waals surface area contributed by atoms with Crippen LogP contribution in [0.15, 0.2) is 42.5 Å². The molecule has 6 nitrogen and oxygen atoms in total. The van der Waals surface area contributed by atoms with Crippen molar-refractivity contribution in [2.45, 2.75) is 26.3 Å². The van der Waals surface area contributed by atoms with Crippen LogP contribution in [0.5, 0.6) is 0 Å². The first-order valence-electron chi connectivity index (χ1n) is 10.2. The average Bonchev–Trinajstić information content (AvgIpc) is 2.73. The summed E-state index contributed by atoms with van der Waals surface area (Å²) in [4.78, 5) is 17.3. The van der Waals surface area contributed by atoms with Gasteiger partial charge in [-0.05, 0) is 55.3 Å². The predicted octanol–water partition coefficient (Wildman–Crippen LogP) is 4.20. The van der Waals surface area contributed by atoms with Gasteiger partial charge in [0.2, 0.25) is 15.9 Å². The molecule has 0 spiro atoms. The highest BCUT2D eigenvalue weighted by molar-refractivity contribution is 7.92. The van der Waals surface area contributed by atoms with Gasteiger partial charge in [-0.2, -0.15) is 0 Å². The highest BCUT2D eigenvalue weighted by Gasteiger charge is 2.35. The monoisotopic (exact) mass is 483 g/mol. The molecule has 0 bridgehead atoms. The van der Waals surface area contributed by atoms with Gasteiger partial charge < -0.3 is 9.80 Å². The highest BCUT2D eigenvalue weighted by atomic mass is 35.5. The van der Waals surface area contributed by atoms with Gasteiger partial charge in [0.25, 0.3) is 0 Å². The maximum Gasteiger partial charge on any atom is 0.246 e. The fourth-order valence-corrected chi connectivity index (χ4v) is 5.43. The zero-order valence-electron chi connectivity index (χ0n) is 17.9. The molecule has 0 saturated carbocycles. The number of halogens is 2. The van der Waals surface area contributed by atoms with E-state index in [4.69, 9.17) is 23.2 Å². The molecule has 9 heteroatoms. The molecule has 1 atom stereocenters. The first-order chi connectivity index (χ1) is 14.6. The maximum absolute atomic E-state index is 13.4. The second kappa shape index (κ2) is 9.67. The number of rotatable bonds is 6. The Morgan fingerprint density at radius 1 is 1.03 bits per heavy atom. The van der Waals surface area contributed by atoms with E-state index in [0.29, 0.717) is 48.3 Å². The highest BCUT2D eigenvalue weighted by Crippen LogP contribution is 2.28. The lowest BCUT2D eigenvalue weighted by atomic mass is 10.1. The minimum atomic E-state index is -3.67. The number of aryl methyl sites for hydroxylation is 1. The molecule has 1 saturated heterocycles. The number of piperazine rings is 1. The second-order valence-electron chi connectivity index (χ2n) is 7.70. The molecule has 0 radical (unpaired) electrons. The van der Waals surface area contributed by atoms with Crippen LogP contribution in [0.25, 0.3) is 0 Å². The summed E-state index contributed by atoms with van der Waals surface area (Å²) >= 11 is 12.1. The summed E-state index contributed by atoms with van der Waals surface area (Å²) < 4.78 is 26.4. The zero-order valence-corrected chi connectivity index (χ0v) is 20.2. The quantitative estimate of drug-likeness (QED) is 0.617. The second-order valence-corrected chi connectivity index (χ2v) is 10.4. The molecule has 1 amide bonds. The Morgan fingerprint density at radius 3 is 2.16 bits per heavy atom. The maximum atomic E-state index is 13.4. The van der Waals surface area contributed by atoms with Gasteiger partial charge in [0.05, 0.1) is 11.9 Å².